The molecule has 0 fully saturated rings. The number of anilines is 1. The Bertz CT molecular complexity index is 786. The molecule has 1 aliphatic heterocycles. The number of benzene rings is 1. The van der Waals surface area contributed by atoms with E-state index in [1.807, 2.05) is 19.2 Å². The van der Waals surface area contributed by atoms with Gasteiger partial charge in [0.05, 0.1) is 12.3 Å². The van der Waals surface area contributed by atoms with E-state index in [0.29, 0.717) is 27.9 Å². The van der Waals surface area contributed by atoms with Crippen LogP contribution in [0.4, 0.5) is 9.52 Å². The summed E-state index contributed by atoms with van der Waals surface area (Å²) in [6.45, 7) is 4.48. The third-order valence-corrected chi connectivity index (χ3v) is 4.24. The molecule has 0 bridgehead atoms. The van der Waals surface area contributed by atoms with Crippen molar-refractivity contribution in [3.8, 4) is 5.75 Å². The minimum absolute atomic E-state index is 0.114. The number of halogens is 1. The number of carbonyl (C=O) groups excluding carboxylic acids is 1. The Hall–Kier alpha value is -2.25. The zero-order valence-electron chi connectivity index (χ0n) is 13.3. The molecule has 7 heteroatoms. The summed E-state index contributed by atoms with van der Waals surface area (Å²) in [7, 11) is 0. The van der Waals surface area contributed by atoms with Gasteiger partial charge in [0, 0.05) is 22.6 Å². The molecule has 3 rings (SSSR count). The van der Waals surface area contributed by atoms with Crippen molar-refractivity contribution in [1.29, 1.82) is 0 Å². The Morgan fingerprint density at radius 3 is 3.04 bits per heavy atom. The molecule has 0 spiro atoms. The number of fused-ring (bicyclic) bond motifs is 1. The smallest absolute Gasteiger partial charge is 0.250 e. The number of amides is 1. The van der Waals surface area contributed by atoms with Gasteiger partial charge < -0.3 is 9.47 Å². The van der Waals surface area contributed by atoms with Gasteiger partial charge in [-0.05, 0) is 24.1 Å². The molecule has 1 amide bonds. The predicted molar refractivity (Wildman–Crippen MR) is 90.6 cm³/mol. The SMILES string of the molecule is CC(C)c1csc(NC(=O)/C=C/c2cc(F)cc3c2OCOC3)n1. The topological polar surface area (TPSA) is 60.5 Å². The van der Waals surface area contributed by atoms with Gasteiger partial charge in [-0.3, -0.25) is 10.1 Å². The molecule has 0 aliphatic carbocycles. The van der Waals surface area contributed by atoms with Crippen molar-refractivity contribution in [3.05, 3.63) is 46.2 Å². The van der Waals surface area contributed by atoms with Crippen molar-refractivity contribution in [1.82, 2.24) is 4.98 Å². The number of carbonyl (C=O) groups is 1. The van der Waals surface area contributed by atoms with E-state index in [-0.39, 0.29) is 19.3 Å². The van der Waals surface area contributed by atoms with Gasteiger partial charge in [0.15, 0.2) is 11.9 Å². The van der Waals surface area contributed by atoms with Crippen molar-refractivity contribution in [2.24, 2.45) is 0 Å². The number of nitrogens with zero attached hydrogens (tertiary/aromatic N) is 1. The van der Waals surface area contributed by atoms with Crippen LogP contribution < -0.4 is 10.1 Å². The molecular formula is C17H17FN2O3S. The van der Waals surface area contributed by atoms with Crippen molar-refractivity contribution in [2.75, 3.05) is 12.1 Å². The molecule has 0 unspecified atom stereocenters. The Morgan fingerprint density at radius 1 is 1.46 bits per heavy atom. The largest absolute Gasteiger partial charge is 0.467 e. The lowest BCUT2D eigenvalue weighted by molar-refractivity contribution is -0.111. The third-order valence-electron chi connectivity index (χ3n) is 3.46. The Labute approximate surface area is 143 Å². The Balaban J connectivity index is 1.73. The van der Waals surface area contributed by atoms with Crippen LogP contribution in [-0.2, 0) is 16.1 Å². The highest BCUT2D eigenvalue weighted by molar-refractivity contribution is 7.14. The van der Waals surface area contributed by atoms with Crippen LogP contribution in [0, 0.1) is 5.82 Å². The summed E-state index contributed by atoms with van der Waals surface area (Å²) in [5.74, 6) is 0.123. The fourth-order valence-electron chi connectivity index (χ4n) is 2.25. The fourth-order valence-corrected chi connectivity index (χ4v) is 3.13. The second-order valence-corrected chi connectivity index (χ2v) is 6.51. The molecule has 126 valence electrons. The van der Waals surface area contributed by atoms with Crippen LogP contribution in [0.25, 0.3) is 6.08 Å². The average molecular weight is 348 g/mol. The first-order valence-electron chi connectivity index (χ1n) is 7.50. The number of rotatable bonds is 4. The maximum absolute atomic E-state index is 13.7. The normalized spacial score (nSPS) is 13.8. The van der Waals surface area contributed by atoms with E-state index in [2.05, 4.69) is 10.3 Å². The standard InChI is InChI=1S/C17H17FN2O3S/c1-10(2)14-8-24-17(19-14)20-15(21)4-3-11-5-13(18)6-12-7-22-9-23-16(11)12/h3-6,8,10H,7,9H2,1-2H3,(H,19,20,21)/b4-3+. The summed E-state index contributed by atoms with van der Waals surface area (Å²) in [6, 6.07) is 2.70. The molecule has 1 aromatic carbocycles. The number of hydrogen-bond acceptors (Lipinski definition) is 5. The van der Waals surface area contributed by atoms with Crippen LogP contribution >= 0.6 is 11.3 Å². The van der Waals surface area contributed by atoms with E-state index in [9.17, 15) is 9.18 Å². The van der Waals surface area contributed by atoms with E-state index >= 15 is 0 Å². The van der Waals surface area contributed by atoms with Gasteiger partial charge >= 0.3 is 0 Å². The number of hydrogen-bond donors (Lipinski definition) is 1. The predicted octanol–water partition coefficient (Wildman–Crippen LogP) is 3.92. The molecule has 5 nitrogen and oxygen atoms in total. The van der Waals surface area contributed by atoms with Gasteiger partial charge in [-0.1, -0.05) is 13.8 Å². The van der Waals surface area contributed by atoms with E-state index in [4.69, 9.17) is 9.47 Å². The quantitative estimate of drug-likeness (QED) is 0.851. The van der Waals surface area contributed by atoms with E-state index < -0.39 is 5.82 Å². The Morgan fingerprint density at radius 2 is 2.29 bits per heavy atom. The van der Waals surface area contributed by atoms with Gasteiger partial charge in [-0.2, -0.15) is 0 Å². The molecule has 0 saturated carbocycles. The van der Waals surface area contributed by atoms with Crippen LogP contribution in [0.3, 0.4) is 0 Å². The second-order valence-electron chi connectivity index (χ2n) is 5.65. The monoisotopic (exact) mass is 348 g/mol. The molecule has 1 aromatic heterocycles. The van der Waals surface area contributed by atoms with Crippen LogP contribution in [0.1, 0.15) is 36.6 Å². The highest BCUT2D eigenvalue weighted by atomic mass is 32.1. The number of aromatic nitrogens is 1. The van der Waals surface area contributed by atoms with Crippen molar-refractivity contribution >= 4 is 28.5 Å². The average Bonchev–Trinajstić information content (AvgIpc) is 3.01. The summed E-state index contributed by atoms with van der Waals surface area (Å²) in [6.07, 6.45) is 2.86. The third kappa shape index (κ3) is 3.80. The molecule has 2 aromatic rings. The summed E-state index contributed by atoms with van der Waals surface area (Å²) in [5, 5.41) is 5.16. The maximum Gasteiger partial charge on any atom is 0.250 e. The number of ether oxygens (including phenoxy) is 2. The van der Waals surface area contributed by atoms with Gasteiger partial charge in [-0.15, -0.1) is 11.3 Å². The van der Waals surface area contributed by atoms with Gasteiger partial charge in [0.2, 0.25) is 5.91 Å². The number of nitrogens with one attached hydrogen (secondary N) is 1. The van der Waals surface area contributed by atoms with E-state index in [0.717, 1.165) is 5.69 Å². The molecular weight excluding hydrogens is 331 g/mol. The van der Waals surface area contributed by atoms with Gasteiger partial charge in [-0.25, -0.2) is 9.37 Å². The van der Waals surface area contributed by atoms with Crippen molar-refractivity contribution < 1.29 is 18.7 Å². The zero-order valence-corrected chi connectivity index (χ0v) is 14.2. The molecule has 0 atom stereocenters. The highest BCUT2D eigenvalue weighted by Gasteiger charge is 2.16. The lowest BCUT2D eigenvalue weighted by atomic mass is 10.1. The zero-order chi connectivity index (χ0) is 17.1. The van der Waals surface area contributed by atoms with Crippen LogP contribution in [0.15, 0.2) is 23.6 Å². The summed E-state index contributed by atoms with van der Waals surface area (Å²) >= 11 is 1.38. The van der Waals surface area contributed by atoms with Crippen LogP contribution in [0.5, 0.6) is 5.75 Å². The minimum Gasteiger partial charge on any atom is -0.467 e. The fraction of sp³-hybridized carbons (Fsp3) is 0.294. The summed E-state index contributed by atoms with van der Waals surface area (Å²) in [4.78, 5) is 16.4. The van der Waals surface area contributed by atoms with Crippen molar-refractivity contribution in [2.45, 2.75) is 26.4 Å². The maximum atomic E-state index is 13.7. The Kier molecular flexibility index (Phi) is 4.92. The number of thiazole rings is 1. The second kappa shape index (κ2) is 7.11. The van der Waals surface area contributed by atoms with Gasteiger partial charge in [0.25, 0.3) is 0 Å². The van der Waals surface area contributed by atoms with E-state index in [1.54, 1.807) is 0 Å². The molecule has 0 radical (unpaired) electrons. The highest BCUT2D eigenvalue weighted by Crippen LogP contribution is 2.30. The molecule has 1 aliphatic rings. The van der Waals surface area contributed by atoms with Crippen LogP contribution in [-0.4, -0.2) is 17.7 Å². The van der Waals surface area contributed by atoms with Crippen LogP contribution in [0.2, 0.25) is 0 Å². The molecule has 0 saturated heterocycles. The molecule has 2 heterocycles. The minimum atomic E-state index is -0.399. The molecule has 24 heavy (non-hydrogen) atoms. The van der Waals surface area contributed by atoms with Gasteiger partial charge in [0.1, 0.15) is 11.6 Å². The van der Waals surface area contributed by atoms with Crippen molar-refractivity contribution in [3.63, 3.8) is 0 Å². The lowest BCUT2D eigenvalue weighted by Crippen LogP contribution is -2.13. The first-order valence-corrected chi connectivity index (χ1v) is 8.38. The first kappa shape index (κ1) is 16.6. The lowest BCUT2D eigenvalue weighted by Gasteiger charge is -2.19. The molecule has 1 N–H and O–H groups in total. The summed E-state index contributed by atoms with van der Waals surface area (Å²) in [5.41, 5.74) is 2.07. The van der Waals surface area contributed by atoms with E-state index in [1.165, 1.54) is 35.6 Å². The first-order chi connectivity index (χ1) is 11.5. The summed E-state index contributed by atoms with van der Waals surface area (Å²) < 4.78 is 24.2.